The molecule has 1 N–H and O–H groups in total. The Kier molecular flexibility index (Phi) is 6.83. The third-order valence-electron chi connectivity index (χ3n) is 6.52. The van der Waals surface area contributed by atoms with E-state index in [-0.39, 0.29) is 17.3 Å². The monoisotopic (exact) mass is 549 g/mol. The lowest BCUT2D eigenvalue weighted by atomic mass is 10.1. The Morgan fingerprint density at radius 1 is 0.829 bits per heavy atom. The van der Waals surface area contributed by atoms with Gasteiger partial charge in [-0.05, 0) is 42.0 Å². The van der Waals surface area contributed by atoms with Gasteiger partial charge in [0.2, 0.25) is 5.88 Å². The molecule has 8 nitrogen and oxygen atoms in total. The molecule has 0 aliphatic carbocycles. The highest BCUT2D eigenvalue weighted by atomic mass is 19.1. The molecular weight excluding hydrogens is 525 g/mol. The normalized spacial score (nSPS) is 11.0. The summed E-state index contributed by atoms with van der Waals surface area (Å²) >= 11 is 0. The maximum Gasteiger partial charge on any atom is 0.340 e. The predicted molar refractivity (Wildman–Crippen MR) is 152 cm³/mol. The van der Waals surface area contributed by atoms with Gasteiger partial charge in [-0.3, -0.25) is 9.55 Å². The van der Waals surface area contributed by atoms with Crippen LogP contribution in [0.1, 0.15) is 5.56 Å². The Bertz CT molecular complexity index is 1900. The number of nitrogens with zero attached hydrogens (tertiary/aromatic N) is 3. The van der Waals surface area contributed by atoms with Crippen LogP contribution in [0, 0.1) is 5.82 Å². The number of hydrogen-bond donors (Lipinski definition) is 1. The quantitative estimate of drug-likeness (QED) is 0.236. The fourth-order valence-corrected chi connectivity index (χ4v) is 4.51. The van der Waals surface area contributed by atoms with E-state index in [2.05, 4.69) is 4.98 Å². The van der Waals surface area contributed by atoms with Crippen molar-refractivity contribution in [2.24, 2.45) is 0 Å². The first-order valence-electron chi connectivity index (χ1n) is 12.7. The Morgan fingerprint density at radius 2 is 1.59 bits per heavy atom. The molecule has 0 saturated heterocycles. The van der Waals surface area contributed by atoms with Gasteiger partial charge < -0.3 is 19.3 Å². The van der Waals surface area contributed by atoms with Crippen molar-refractivity contribution in [2.75, 3.05) is 7.11 Å². The molecule has 4 aromatic carbocycles. The maximum atomic E-state index is 15.3. The smallest absolute Gasteiger partial charge is 0.340 e. The summed E-state index contributed by atoms with van der Waals surface area (Å²) in [5.41, 5.74) is 1.75. The van der Waals surface area contributed by atoms with Gasteiger partial charge in [-0.2, -0.15) is 0 Å². The van der Waals surface area contributed by atoms with Crippen LogP contribution >= 0.6 is 0 Å². The van der Waals surface area contributed by atoms with E-state index in [9.17, 15) is 9.90 Å². The first kappa shape index (κ1) is 25.7. The number of ether oxygens (including phenoxy) is 3. The van der Waals surface area contributed by atoms with Gasteiger partial charge in [-0.15, -0.1) is 0 Å². The first-order valence-corrected chi connectivity index (χ1v) is 12.7. The fraction of sp³-hybridized carbons (Fsp3) is 0.0625. The average Bonchev–Trinajstić information content (AvgIpc) is 3.31. The van der Waals surface area contributed by atoms with Crippen LogP contribution in [0.25, 0.3) is 22.3 Å². The van der Waals surface area contributed by atoms with Crippen molar-refractivity contribution in [3.8, 4) is 40.3 Å². The Morgan fingerprint density at radius 3 is 2.32 bits per heavy atom. The molecule has 0 aliphatic rings. The van der Waals surface area contributed by atoms with Crippen LogP contribution in [0.3, 0.4) is 0 Å². The lowest BCUT2D eigenvalue weighted by Gasteiger charge is -2.14. The fourth-order valence-electron chi connectivity index (χ4n) is 4.51. The largest absolute Gasteiger partial charge is 0.493 e. The van der Waals surface area contributed by atoms with Gasteiger partial charge in [0.05, 0.1) is 30.2 Å². The Labute approximate surface area is 234 Å². The molecule has 41 heavy (non-hydrogen) atoms. The van der Waals surface area contributed by atoms with Crippen LogP contribution in [0.4, 0.5) is 4.39 Å². The molecular formula is C32H24FN3O5. The molecule has 2 heterocycles. The van der Waals surface area contributed by atoms with Gasteiger partial charge in [-0.25, -0.2) is 13.8 Å². The minimum atomic E-state index is -0.721. The predicted octanol–water partition coefficient (Wildman–Crippen LogP) is 6.40. The van der Waals surface area contributed by atoms with Crippen LogP contribution in [-0.4, -0.2) is 26.3 Å². The minimum Gasteiger partial charge on any atom is -0.493 e. The summed E-state index contributed by atoms with van der Waals surface area (Å²) in [5.74, 6) is 0.214. The number of rotatable bonds is 8. The number of hydrogen-bond acceptors (Lipinski definition) is 6. The van der Waals surface area contributed by atoms with Crippen LogP contribution in [0.2, 0.25) is 0 Å². The molecule has 0 spiro atoms. The van der Waals surface area contributed by atoms with Crippen LogP contribution in [0.15, 0.2) is 114 Å². The first-order chi connectivity index (χ1) is 20.0. The topological polar surface area (TPSA) is 87.7 Å². The van der Waals surface area contributed by atoms with Gasteiger partial charge in [0.15, 0.2) is 23.1 Å². The van der Waals surface area contributed by atoms with E-state index in [0.717, 1.165) is 16.2 Å². The third kappa shape index (κ3) is 5.08. The second-order valence-electron chi connectivity index (χ2n) is 9.13. The Balaban J connectivity index is 1.29. The van der Waals surface area contributed by atoms with E-state index < -0.39 is 11.5 Å². The molecule has 9 heteroatoms. The number of benzene rings is 4. The van der Waals surface area contributed by atoms with E-state index in [0.29, 0.717) is 40.4 Å². The number of halogens is 1. The molecule has 0 bridgehead atoms. The van der Waals surface area contributed by atoms with Gasteiger partial charge >= 0.3 is 5.69 Å². The molecule has 0 aliphatic heterocycles. The van der Waals surface area contributed by atoms with E-state index >= 15 is 4.39 Å². The molecule has 0 amide bonds. The minimum absolute atomic E-state index is 0.0698. The summed E-state index contributed by atoms with van der Waals surface area (Å²) in [4.78, 5) is 17.4. The van der Waals surface area contributed by atoms with E-state index in [1.807, 2.05) is 36.4 Å². The number of para-hydroxylation sites is 1. The summed E-state index contributed by atoms with van der Waals surface area (Å²) in [6.07, 6.45) is 2.84. The molecule has 6 aromatic rings. The SMILES string of the molecule is COc1cc2c(Oc3ccc(-n4c(O)cn(-c5ccccc5)c4=O)cc3F)ccnc2cc1OCc1ccccc1. The summed E-state index contributed by atoms with van der Waals surface area (Å²) < 4.78 is 35.1. The zero-order valence-corrected chi connectivity index (χ0v) is 21.9. The van der Waals surface area contributed by atoms with Crippen molar-refractivity contribution in [1.29, 1.82) is 0 Å². The number of imidazole rings is 1. The van der Waals surface area contributed by atoms with E-state index in [1.165, 1.54) is 30.0 Å². The molecule has 0 fully saturated rings. The Hall–Kier alpha value is -5.57. The summed E-state index contributed by atoms with van der Waals surface area (Å²) in [6, 6.07) is 27.7. The average molecular weight is 550 g/mol. The molecule has 6 rings (SSSR count). The number of fused-ring (bicyclic) bond motifs is 1. The zero-order chi connectivity index (χ0) is 28.3. The number of aromatic nitrogens is 3. The number of pyridine rings is 1. The van der Waals surface area contributed by atoms with Crippen molar-refractivity contribution in [3.63, 3.8) is 0 Å². The number of aromatic hydroxyl groups is 1. The highest BCUT2D eigenvalue weighted by Gasteiger charge is 2.17. The standard InChI is InChI=1S/C32H24FN3O5/c1-39-29-17-24-26(18-30(29)40-20-21-8-4-2-5-9-21)34-15-14-27(24)41-28-13-12-23(16-25(28)33)36-31(37)19-35(32(36)38)22-10-6-3-7-11-22/h2-19,37H,20H2,1H3. The third-order valence-corrected chi connectivity index (χ3v) is 6.52. The second-order valence-corrected chi connectivity index (χ2v) is 9.13. The van der Waals surface area contributed by atoms with E-state index in [1.54, 1.807) is 48.7 Å². The highest BCUT2D eigenvalue weighted by Crippen LogP contribution is 2.38. The van der Waals surface area contributed by atoms with Crippen molar-refractivity contribution >= 4 is 10.9 Å². The molecule has 204 valence electrons. The summed E-state index contributed by atoms with van der Waals surface area (Å²) in [7, 11) is 1.54. The lowest BCUT2D eigenvalue weighted by Crippen LogP contribution is -2.21. The molecule has 0 unspecified atom stereocenters. The van der Waals surface area contributed by atoms with Gasteiger partial charge in [0, 0.05) is 23.7 Å². The van der Waals surface area contributed by atoms with Gasteiger partial charge in [-0.1, -0.05) is 48.5 Å². The van der Waals surface area contributed by atoms with Crippen molar-refractivity contribution in [3.05, 3.63) is 131 Å². The molecule has 0 saturated carbocycles. The van der Waals surface area contributed by atoms with Crippen molar-refractivity contribution in [1.82, 2.24) is 14.1 Å². The van der Waals surface area contributed by atoms with Crippen LogP contribution in [-0.2, 0) is 6.61 Å². The second kappa shape index (κ2) is 10.9. The summed E-state index contributed by atoms with van der Waals surface area (Å²) in [5, 5.41) is 11.1. The molecule has 2 aromatic heterocycles. The van der Waals surface area contributed by atoms with Crippen molar-refractivity contribution < 1.29 is 23.7 Å². The number of methoxy groups -OCH3 is 1. The molecule has 0 atom stereocenters. The lowest BCUT2D eigenvalue weighted by molar-refractivity contribution is 0.285. The zero-order valence-electron chi connectivity index (χ0n) is 21.9. The summed E-state index contributed by atoms with van der Waals surface area (Å²) in [6.45, 7) is 0.351. The van der Waals surface area contributed by atoms with Crippen LogP contribution in [0.5, 0.6) is 28.9 Å². The van der Waals surface area contributed by atoms with Gasteiger partial charge in [0.25, 0.3) is 0 Å². The van der Waals surface area contributed by atoms with Crippen molar-refractivity contribution in [2.45, 2.75) is 6.61 Å². The van der Waals surface area contributed by atoms with E-state index in [4.69, 9.17) is 14.2 Å². The highest BCUT2D eigenvalue weighted by molar-refractivity contribution is 5.88. The molecule has 0 radical (unpaired) electrons. The van der Waals surface area contributed by atoms with Gasteiger partial charge in [0.1, 0.15) is 12.4 Å². The van der Waals surface area contributed by atoms with Crippen LogP contribution < -0.4 is 19.9 Å². The maximum absolute atomic E-state index is 15.3.